The summed E-state index contributed by atoms with van der Waals surface area (Å²) in [6, 6.07) is 5.68. The average Bonchev–Trinajstić information content (AvgIpc) is 3.25. The number of amides is 1. The lowest BCUT2D eigenvalue weighted by Crippen LogP contribution is -2.49. The topological polar surface area (TPSA) is 92.9 Å². The molecule has 0 aliphatic heterocycles. The number of nitrogens with zero attached hydrogens (tertiary/aromatic N) is 1. The first kappa shape index (κ1) is 20.5. The van der Waals surface area contributed by atoms with Gasteiger partial charge in [-0.1, -0.05) is 26.7 Å². The Labute approximate surface area is 159 Å². The van der Waals surface area contributed by atoms with E-state index in [0.29, 0.717) is 12.1 Å². The van der Waals surface area contributed by atoms with Crippen molar-refractivity contribution < 1.29 is 4.79 Å². The fraction of sp³-hybridized carbons (Fsp3) is 0.579. The Morgan fingerprint density at radius 1 is 1.31 bits per heavy atom. The number of fused-ring (bicyclic) bond motifs is 1. The molecule has 0 atom stereocenters. The number of rotatable bonds is 6. The standard InChI is InChI=1S/C19H28N4O2.ClH/c1-3-19(20,4-2)12-21-17(24)13-9-10-16-15(11-13)22-18(25)23(16)14-7-5-6-8-14;/h9-11,14H,3-8,12,20H2,1-2H3,(H,21,24)(H,22,25);1H. The number of imidazole rings is 1. The maximum atomic E-state index is 12.4. The van der Waals surface area contributed by atoms with Gasteiger partial charge in [0, 0.05) is 23.7 Å². The minimum Gasteiger partial charge on any atom is -0.350 e. The maximum Gasteiger partial charge on any atom is 0.326 e. The van der Waals surface area contributed by atoms with E-state index in [-0.39, 0.29) is 35.6 Å². The summed E-state index contributed by atoms with van der Waals surface area (Å²) in [5.41, 5.74) is 7.92. The molecule has 6 nitrogen and oxygen atoms in total. The van der Waals surface area contributed by atoms with Crippen molar-refractivity contribution in [1.29, 1.82) is 0 Å². The molecule has 0 unspecified atom stereocenters. The zero-order chi connectivity index (χ0) is 18.0. The van der Waals surface area contributed by atoms with Crippen molar-refractivity contribution in [2.75, 3.05) is 6.54 Å². The van der Waals surface area contributed by atoms with E-state index in [1.165, 1.54) is 12.8 Å². The summed E-state index contributed by atoms with van der Waals surface area (Å²) >= 11 is 0. The summed E-state index contributed by atoms with van der Waals surface area (Å²) in [6.07, 6.45) is 6.03. The van der Waals surface area contributed by atoms with Crippen LogP contribution in [0, 0.1) is 0 Å². The third-order valence-corrected chi connectivity index (χ3v) is 5.68. The highest BCUT2D eigenvalue weighted by Gasteiger charge is 2.23. The second-order valence-electron chi connectivity index (χ2n) is 7.22. The van der Waals surface area contributed by atoms with Gasteiger partial charge < -0.3 is 16.0 Å². The predicted molar refractivity (Wildman–Crippen MR) is 107 cm³/mol. The Balaban J connectivity index is 0.00000243. The van der Waals surface area contributed by atoms with Gasteiger partial charge in [-0.15, -0.1) is 12.4 Å². The molecule has 2 aromatic rings. The van der Waals surface area contributed by atoms with E-state index in [1.807, 2.05) is 24.5 Å². The minimum absolute atomic E-state index is 0. The average molecular weight is 381 g/mol. The highest BCUT2D eigenvalue weighted by Crippen LogP contribution is 2.30. The van der Waals surface area contributed by atoms with Gasteiger partial charge in [0.25, 0.3) is 5.91 Å². The molecule has 1 saturated carbocycles. The van der Waals surface area contributed by atoms with Crippen molar-refractivity contribution in [3.05, 3.63) is 34.2 Å². The molecule has 0 saturated heterocycles. The third kappa shape index (κ3) is 3.96. The van der Waals surface area contributed by atoms with Crippen LogP contribution in [-0.4, -0.2) is 27.5 Å². The van der Waals surface area contributed by atoms with Gasteiger partial charge in [0.05, 0.1) is 11.0 Å². The first-order chi connectivity index (χ1) is 12.0. The van der Waals surface area contributed by atoms with Crippen LogP contribution in [0.3, 0.4) is 0 Å². The maximum absolute atomic E-state index is 12.4. The van der Waals surface area contributed by atoms with Crippen molar-refractivity contribution in [3.8, 4) is 0 Å². The summed E-state index contributed by atoms with van der Waals surface area (Å²) in [5.74, 6) is -0.159. The molecule has 0 spiro atoms. The fourth-order valence-corrected chi connectivity index (χ4v) is 3.66. The zero-order valence-electron chi connectivity index (χ0n) is 15.5. The molecular weight excluding hydrogens is 352 g/mol. The van der Waals surface area contributed by atoms with Crippen LogP contribution in [0.15, 0.2) is 23.0 Å². The number of hydrogen-bond donors (Lipinski definition) is 3. The van der Waals surface area contributed by atoms with E-state index in [4.69, 9.17) is 5.73 Å². The summed E-state index contributed by atoms with van der Waals surface area (Å²) in [7, 11) is 0. The molecule has 1 aliphatic carbocycles. The number of H-pyrrole nitrogens is 1. The molecule has 3 rings (SSSR count). The normalized spacial score (nSPS) is 15.2. The van der Waals surface area contributed by atoms with Crippen LogP contribution in [0.4, 0.5) is 0 Å². The van der Waals surface area contributed by atoms with Crippen molar-refractivity contribution in [2.24, 2.45) is 5.73 Å². The van der Waals surface area contributed by atoms with Crippen LogP contribution < -0.4 is 16.7 Å². The molecule has 1 fully saturated rings. The van der Waals surface area contributed by atoms with Crippen molar-refractivity contribution in [3.63, 3.8) is 0 Å². The molecule has 1 aliphatic rings. The van der Waals surface area contributed by atoms with Crippen LogP contribution in [0.5, 0.6) is 0 Å². The van der Waals surface area contributed by atoms with E-state index < -0.39 is 0 Å². The lowest BCUT2D eigenvalue weighted by molar-refractivity contribution is 0.0942. The largest absolute Gasteiger partial charge is 0.350 e. The lowest BCUT2D eigenvalue weighted by atomic mass is 9.94. The van der Waals surface area contributed by atoms with Gasteiger partial charge in [-0.3, -0.25) is 9.36 Å². The van der Waals surface area contributed by atoms with Gasteiger partial charge in [0.1, 0.15) is 0 Å². The van der Waals surface area contributed by atoms with Crippen LogP contribution >= 0.6 is 12.4 Å². The highest BCUT2D eigenvalue weighted by molar-refractivity contribution is 5.97. The van der Waals surface area contributed by atoms with E-state index >= 15 is 0 Å². The quantitative estimate of drug-likeness (QED) is 0.718. The number of nitrogens with two attached hydrogens (primary N) is 1. The molecule has 144 valence electrons. The smallest absolute Gasteiger partial charge is 0.326 e. The Bertz CT molecular complexity index is 817. The number of aromatic amines is 1. The van der Waals surface area contributed by atoms with Gasteiger partial charge in [-0.05, 0) is 43.9 Å². The molecule has 0 bridgehead atoms. The number of nitrogens with one attached hydrogen (secondary N) is 2. The summed E-state index contributed by atoms with van der Waals surface area (Å²) in [6.45, 7) is 4.49. The molecule has 7 heteroatoms. The Hall–Kier alpha value is -1.79. The number of benzene rings is 1. The van der Waals surface area contributed by atoms with Gasteiger partial charge in [-0.25, -0.2) is 4.79 Å². The van der Waals surface area contributed by atoms with E-state index in [1.54, 1.807) is 12.1 Å². The van der Waals surface area contributed by atoms with Crippen LogP contribution in [0.2, 0.25) is 0 Å². The highest BCUT2D eigenvalue weighted by atomic mass is 35.5. The first-order valence-electron chi connectivity index (χ1n) is 9.29. The van der Waals surface area contributed by atoms with E-state index in [0.717, 1.165) is 36.7 Å². The third-order valence-electron chi connectivity index (χ3n) is 5.68. The predicted octanol–water partition coefficient (Wildman–Crippen LogP) is 3.11. The molecule has 0 radical (unpaired) electrons. The number of hydrogen-bond acceptors (Lipinski definition) is 3. The molecule has 1 amide bonds. The van der Waals surface area contributed by atoms with E-state index in [2.05, 4.69) is 10.3 Å². The monoisotopic (exact) mass is 380 g/mol. The minimum atomic E-state index is -0.375. The number of carbonyl (C=O) groups is 1. The second-order valence-corrected chi connectivity index (χ2v) is 7.22. The molecule has 1 aromatic carbocycles. The van der Waals surface area contributed by atoms with Crippen LogP contribution in [0.25, 0.3) is 11.0 Å². The summed E-state index contributed by atoms with van der Waals surface area (Å²) in [5, 5.41) is 2.92. The van der Waals surface area contributed by atoms with Crippen LogP contribution in [-0.2, 0) is 0 Å². The van der Waals surface area contributed by atoms with E-state index in [9.17, 15) is 9.59 Å². The molecule has 1 aromatic heterocycles. The van der Waals surface area contributed by atoms with Crippen molar-refractivity contribution >= 4 is 29.3 Å². The number of carbonyl (C=O) groups excluding carboxylic acids is 1. The Morgan fingerprint density at radius 3 is 2.58 bits per heavy atom. The van der Waals surface area contributed by atoms with Gasteiger partial charge in [-0.2, -0.15) is 0 Å². The summed E-state index contributed by atoms with van der Waals surface area (Å²) in [4.78, 5) is 27.7. The van der Waals surface area contributed by atoms with Gasteiger partial charge >= 0.3 is 5.69 Å². The molecule has 4 N–H and O–H groups in total. The van der Waals surface area contributed by atoms with Crippen molar-refractivity contribution in [1.82, 2.24) is 14.9 Å². The first-order valence-corrected chi connectivity index (χ1v) is 9.29. The SMILES string of the molecule is CCC(N)(CC)CNC(=O)c1ccc2c(c1)[nH]c(=O)n2C1CCCC1.Cl. The molecule has 26 heavy (non-hydrogen) atoms. The Morgan fingerprint density at radius 2 is 1.96 bits per heavy atom. The summed E-state index contributed by atoms with van der Waals surface area (Å²) < 4.78 is 1.85. The van der Waals surface area contributed by atoms with Crippen LogP contribution in [0.1, 0.15) is 68.8 Å². The molecular formula is C19H29ClN4O2. The Kier molecular flexibility index (Phi) is 6.53. The molecule has 1 heterocycles. The lowest BCUT2D eigenvalue weighted by Gasteiger charge is -2.26. The van der Waals surface area contributed by atoms with Gasteiger partial charge in [0.15, 0.2) is 0 Å². The van der Waals surface area contributed by atoms with Gasteiger partial charge in [0.2, 0.25) is 0 Å². The van der Waals surface area contributed by atoms with Crippen molar-refractivity contribution in [2.45, 2.75) is 64.0 Å². The number of halogens is 1. The zero-order valence-corrected chi connectivity index (χ0v) is 16.3. The number of aromatic nitrogens is 2. The fourth-order valence-electron chi connectivity index (χ4n) is 3.66. The second kappa shape index (κ2) is 8.27.